The fourth-order valence-corrected chi connectivity index (χ4v) is 4.48. The third-order valence-electron chi connectivity index (χ3n) is 6.31. The summed E-state index contributed by atoms with van der Waals surface area (Å²) in [7, 11) is 0. The number of carbonyl (C=O) groups excluding carboxylic acids is 1. The van der Waals surface area contributed by atoms with Crippen molar-refractivity contribution >= 4 is 22.8 Å². The molecule has 1 saturated carbocycles. The van der Waals surface area contributed by atoms with E-state index in [0.717, 1.165) is 63.9 Å². The Morgan fingerprint density at radius 1 is 1.13 bits per heavy atom. The van der Waals surface area contributed by atoms with E-state index >= 15 is 0 Å². The molecule has 1 aliphatic heterocycles. The zero-order valence-electron chi connectivity index (χ0n) is 17.7. The lowest BCUT2D eigenvalue weighted by Crippen LogP contribution is -2.47. The Kier molecular flexibility index (Phi) is 6.44. The molecule has 7 nitrogen and oxygen atoms in total. The van der Waals surface area contributed by atoms with Gasteiger partial charge in [0.05, 0.1) is 17.1 Å². The number of rotatable bonds is 5. The molecule has 0 unspecified atom stereocenters. The minimum atomic E-state index is -0.955. The Morgan fingerprint density at radius 2 is 1.80 bits per heavy atom. The smallest absolute Gasteiger partial charge is 0.243 e. The second-order valence-electron chi connectivity index (χ2n) is 8.25. The van der Waals surface area contributed by atoms with Crippen LogP contribution in [0, 0.1) is 11.3 Å². The molecule has 4 rings (SSSR count). The Balaban J connectivity index is 1.66. The summed E-state index contributed by atoms with van der Waals surface area (Å²) < 4.78 is 0. The van der Waals surface area contributed by atoms with Crippen LogP contribution in [0.25, 0.3) is 11.0 Å². The van der Waals surface area contributed by atoms with E-state index in [9.17, 15) is 10.1 Å². The molecule has 1 amide bonds. The summed E-state index contributed by atoms with van der Waals surface area (Å²) in [5.74, 6) is -0.527. The Morgan fingerprint density at radius 3 is 2.43 bits per heavy atom. The topological polar surface area (TPSA) is 85.2 Å². The van der Waals surface area contributed by atoms with Crippen molar-refractivity contribution in [2.45, 2.75) is 51.0 Å². The predicted molar refractivity (Wildman–Crippen MR) is 117 cm³/mol. The molecule has 0 bridgehead atoms. The van der Waals surface area contributed by atoms with E-state index in [1.165, 1.54) is 6.42 Å². The summed E-state index contributed by atoms with van der Waals surface area (Å²) in [6, 6.07) is 10.0. The number of likely N-dealkylation sites (N-methyl/N-ethyl adjacent to an activating group) is 1. The fraction of sp³-hybridized carbons (Fsp3) is 0.565. The number of para-hydroxylation sites is 2. The van der Waals surface area contributed by atoms with Crippen LogP contribution in [0.15, 0.2) is 24.3 Å². The number of hydrogen-bond donors (Lipinski definition) is 1. The molecule has 7 heteroatoms. The van der Waals surface area contributed by atoms with Crippen molar-refractivity contribution in [1.29, 1.82) is 5.26 Å². The first-order valence-corrected chi connectivity index (χ1v) is 11.1. The highest BCUT2D eigenvalue weighted by molar-refractivity contribution is 5.89. The first-order valence-electron chi connectivity index (χ1n) is 11.1. The van der Waals surface area contributed by atoms with Gasteiger partial charge in [0.1, 0.15) is 5.69 Å². The molecule has 158 valence electrons. The van der Waals surface area contributed by atoms with Crippen molar-refractivity contribution in [2.75, 3.05) is 37.6 Å². The molecule has 0 radical (unpaired) electrons. The van der Waals surface area contributed by atoms with Crippen LogP contribution in [-0.2, 0) is 4.79 Å². The highest BCUT2D eigenvalue weighted by Crippen LogP contribution is 2.28. The van der Waals surface area contributed by atoms with Gasteiger partial charge in [-0.15, -0.1) is 0 Å². The highest BCUT2D eigenvalue weighted by Gasteiger charge is 2.31. The third-order valence-corrected chi connectivity index (χ3v) is 6.31. The number of carbonyl (C=O) groups is 1. The van der Waals surface area contributed by atoms with Crippen molar-refractivity contribution in [3.05, 3.63) is 30.0 Å². The second-order valence-corrected chi connectivity index (χ2v) is 8.25. The number of hydrogen-bond acceptors (Lipinski definition) is 6. The van der Waals surface area contributed by atoms with Crippen LogP contribution in [-0.4, -0.2) is 59.5 Å². The van der Waals surface area contributed by atoms with E-state index in [2.05, 4.69) is 28.1 Å². The van der Waals surface area contributed by atoms with E-state index in [1.807, 2.05) is 24.3 Å². The summed E-state index contributed by atoms with van der Waals surface area (Å²) in [5.41, 5.74) is 1.99. The lowest BCUT2D eigenvalue weighted by molar-refractivity contribution is -0.122. The first kappa shape index (κ1) is 20.5. The van der Waals surface area contributed by atoms with Gasteiger partial charge in [0, 0.05) is 32.2 Å². The summed E-state index contributed by atoms with van der Waals surface area (Å²) in [5, 5.41) is 13.1. The Hall–Kier alpha value is -2.72. The second kappa shape index (κ2) is 9.40. The van der Waals surface area contributed by atoms with Gasteiger partial charge in [-0.2, -0.15) is 5.26 Å². The van der Waals surface area contributed by atoms with Crippen molar-refractivity contribution in [2.24, 2.45) is 0 Å². The van der Waals surface area contributed by atoms with Crippen LogP contribution in [0.4, 0.5) is 5.82 Å². The van der Waals surface area contributed by atoms with Gasteiger partial charge < -0.3 is 15.1 Å². The van der Waals surface area contributed by atoms with Crippen LogP contribution < -0.4 is 10.2 Å². The molecule has 2 aliphatic rings. The summed E-state index contributed by atoms with van der Waals surface area (Å²) in [6.07, 6.45) is 5.45. The van der Waals surface area contributed by atoms with Crippen LogP contribution >= 0.6 is 0 Å². The minimum absolute atomic E-state index is 0.159. The molecule has 1 atom stereocenters. The molecule has 1 aromatic carbocycles. The number of piperazine rings is 1. The fourth-order valence-electron chi connectivity index (χ4n) is 4.48. The molecule has 1 aromatic heterocycles. The van der Waals surface area contributed by atoms with Crippen molar-refractivity contribution in [3.63, 3.8) is 0 Å². The SMILES string of the molecule is CCN1CCN(c2nc3ccccc3nc2[C@@H](C#N)C(=O)NC2CCCCC2)CC1. The summed E-state index contributed by atoms with van der Waals surface area (Å²) in [4.78, 5) is 27.3. The quantitative estimate of drug-likeness (QED) is 0.822. The van der Waals surface area contributed by atoms with E-state index in [-0.39, 0.29) is 11.9 Å². The molecule has 2 heterocycles. The van der Waals surface area contributed by atoms with Gasteiger partial charge in [0.15, 0.2) is 11.7 Å². The van der Waals surface area contributed by atoms with E-state index in [0.29, 0.717) is 17.0 Å². The molecular formula is C23H30N6O. The normalized spacial score (nSPS) is 19.4. The lowest BCUT2D eigenvalue weighted by Gasteiger charge is -2.35. The van der Waals surface area contributed by atoms with Crippen LogP contribution in [0.1, 0.15) is 50.6 Å². The number of nitrogens with one attached hydrogen (secondary N) is 1. The summed E-state index contributed by atoms with van der Waals surface area (Å²) in [6.45, 7) is 6.70. The standard InChI is InChI=1S/C23H30N6O/c1-2-28-12-14-29(15-13-28)22-21(26-19-10-6-7-11-20(19)27-22)18(16-24)23(30)25-17-8-4-3-5-9-17/h6-7,10-11,17-18H,2-5,8-9,12-15H2,1H3,(H,25,30)/t18-/m1/s1. The number of nitrogens with zero attached hydrogens (tertiary/aromatic N) is 5. The van der Waals surface area contributed by atoms with E-state index < -0.39 is 5.92 Å². The Bertz CT molecular complexity index is 925. The average molecular weight is 407 g/mol. The van der Waals surface area contributed by atoms with Crippen molar-refractivity contribution in [3.8, 4) is 6.07 Å². The molecule has 1 N–H and O–H groups in total. The zero-order chi connectivity index (χ0) is 20.9. The molecule has 0 spiro atoms. The van der Waals surface area contributed by atoms with Gasteiger partial charge in [-0.05, 0) is 31.5 Å². The lowest BCUT2D eigenvalue weighted by atomic mass is 9.94. The number of nitriles is 1. The monoisotopic (exact) mass is 406 g/mol. The predicted octanol–water partition coefficient (Wildman–Crippen LogP) is 2.83. The highest BCUT2D eigenvalue weighted by atomic mass is 16.2. The maximum atomic E-state index is 13.1. The maximum absolute atomic E-state index is 13.1. The average Bonchev–Trinajstić information content (AvgIpc) is 2.80. The van der Waals surface area contributed by atoms with Gasteiger partial charge in [0.2, 0.25) is 5.91 Å². The van der Waals surface area contributed by atoms with Crippen LogP contribution in [0.2, 0.25) is 0 Å². The number of anilines is 1. The van der Waals surface area contributed by atoms with Crippen molar-refractivity contribution < 1.29 is 4.79 Å². The Labute approximate surface area is 178 Å². The van der Waals surface area contributed by atoms with Gasteiger partial charge in [-0.3, -0.25) is 4.79 Å². The maximum Gasteiger partial charge on any atom is 0.243 e. The van der Waals surface area contributed by atoms with Gasteiger partial charge in [-0.1, -0.05) is 38.3 Å². The van der Waals surface area contributed by atoms with E-state index in [4.69, 9.17) is 9.97 Å². The first-order chi connectivity index (χ1) is 14.7. The van der Waals surface area contributed by atoms with Crippen molar-refractivity contribution in [1.82, 2.24) is 20.2 Å². The number of amides is 1. The van der Waals surface area contributed by atoms with E-state index in [1.54, 1.807) is 0 Å². The molecule has 2 aromatic rings. The minimum Gasteiger partial charge on any atom is -0.352 e. The molecule has 2 fully saturated rings. The molecule has 1 aliphatic carbocycles. The van der Waals surface area contributed by atoms with Crippen LogP contribution in [0.3, 0.4) is 0 Å². The van der Waals surface area contributed by atoms with Gasteiger partial charge >= 0.3 is 0 Å². The third kappa shape index (κ3) is 4.39. The van der Waals surface area contributed by atoms with Gasteiger partial charge in [-0.25, -0.2) is 9.97 Å². The molecule has 30 heavy (non-hydrogen) atoms. The van der Waals surface area contributed by atoms with Crippen LogP contribution in [0.5, 0.6) is 0 Å². The molecular weight excluding hydrogens is 376 g/mol. The molecule has 1 saturated heterocycles. The number of benzene rings is 1. The summed E-state index contributed by atoms with van der Waals surface area (Å²) >= 11 is 0. The number of fused-ring (bicyclic) bond motifs is 1. The number of aromatic nitrogens is 2. The van der Waals surface area contributed by atoms with Gasteiger partial charge in [0.25, 0.3) is 0 Å². The largest absolute Gasteiger partial charge is 0.352 e. The zero-order valence-corrected chi connectivity index (χ0v) is 17.7.